The number of hydrogen-bond donors (Lipinski definition) is 1. The third-order valence-electron chi connectivity index (χ3n) is 3.63. The largest absolute Gasteiger partial charge is 0.330 e. The van der Waals surface area contributed by atoms with Crippen molar-refractivity contribution in [3.05, 3.63) is 35.6 Å². The zero-order chi connectivity index (χ0) is 12.3. The lowest BCUT2D eigenvalue weighted by molar-refractivity contribution is 0.230. The van der Waals surface area contributed by atoms with E-state index < -0.39 is 0 Å². The van der Waals surface area contributed by atoms with Crippen molar-refractivity contribution in [1.82, 2.24) is 4.90 Å². The van der Waals surface area contributed by atoms with Gasteiger partial charge in [0.25, 0.3) is 0 Å². The van der Waals surface area contributed by atoms with Crippen molar-refractivity contribution in [1.29, 1.82) is 0 Å². The first kappa shape index (κ1) is 12.5. The summed E-state index contributed by atoms with van der Waals surface area (Å²) in [5, 5.41) is 0. The van der Waals surface area contributed by atoms with Gasteiger partial charge in [-0.2, -0.15) is 0 Å². The summed E-state index contributed by atoms with van der Waals surface area (Å²) < 4.78 is 13.3. The van der Waals surface area contributed by atoms with Gasteiger partial charge >= 0.3 is 0 Å². The summed E-state index contributed by atoms with van der Waals surface area (Å²) >= 11 is 0. The van der Waals surface area contributed by atoms with E-state index >= 15 is 0 Å². The van der Waals surface area contributed by atoms with Crippen LogP contribution >= 0.6 is 0 Å². The molecule has 2 nitrogen and oxygen atoms in total. The molecule has 0 aliphatic carbocycles. The summed E-state index contributed by atoms with van der Waals surface area (Å²) in [4.78, 5) is 2.44. The van der Waals surface area contributed by atoms with Crippen LogP contribution in [0, 0.1) is 11.7 Å². The van der Waals surface area contributed by atoms with Gasteiger partial charge in [-0.1, -0.05) is 19.1 Å². The molecule has 1 fully saturated rings. The monoisotopic (exact) mass is 236 g/mol. The molecular weight excluding hydrogens is 215 g/mol. The van der Waals surface area contributed by atoms with Crippen molar-refractivity contribution in [3.63, 3.8) is 0 Å². The smallest absolute Gasteiger partial charge is 0.123 e. The number of likely N-dealkylation sites (tertiary alicyclic amines) is 1. The van der Waals surface area contributed by atoms with E-state index in [0.29, 0.717) is 18.5 Å². The third-order valence-corrected chi connectivity index (χ3v) is 3.63. The summed E-state index contributed by atoms with van der Waals surface area (Å²) in [6, 6.07) is 7.27. The SMILES string of the molecule is CCCN1CCC(CN)C1c1cccc(F)c1. The second kappa shape index (κ2) is 5.61. The molecule has 0 bridgehead atoms. The van der Waals surface area contributed by atoms with Crippen molar-refractivity contribution in [2.24, 2.45) is 11.7 Å². The lowest BCUT2D eigenvalue weighted by Gasteiger charge is -2.28. The Kier molecular flexibility index (Phi) is 4.13. The Labute approximate surface area is 103 Å². The van der Waals surface area contributed by atoms with Gasteiger partial charge in [0.05, 0.1) is 0 Å². The summed E-state index contributed by atoms with van der Waals surface area (Å²) in [5.41, 5.74) is 6.91. The molecule has 1 aliphatic rings. The van der Waals surface area contributed by atoms with Crippen molar-refractivity contribution in [2.75, 3.05) is 19.6 Å². The maximum Gasteiger partial charge on any atom is 0.123 e. The number of halogens is 1. The third kappa shape index (κ3) is 2.67. The zero-order valence-corrected chi connectivity index (χ0v) is 10.4. The molecule has 3 heteroatoms. The Balaban J connectivity index is 2.24. The van der Waals surface area contributed by atoms with Gasteiger partial charge in [-0.3, -0.25) is 4.90 Å². The fourth-order valence-electron chi connectivity index (χ4n) is 2.89. The molecule has 1 aliphatic heterocycles. The highest BCUT2D eigenvalue weighted by atomic mass is 19.1. The Hall–Kier alpha value is -0.930. The summed E-state index contributed by atoms with van der Waals surface area (Å²) in [5.74, 6) is 0.310. The van der Waals surface area contributed by atoms with E-state index in [4.69, 9.17) is 5.73 Å². The van der Waals surface area contributed by atoms with Crippen LogP contribution in [-0.4, -0.2) is 24.5 Å². The average molecular weight is 236 g/mol. The normalized spacial score (nSPS) is 25.4. The van der Waals surface area contributed by atoms with E-state index in [0.717, 1.165) is 31.5 Å². The number of benzene rings is 1. The van der Waals surface area contributed by atoms with E-state index in [9.17, 15) is 4.39 Å². The Morgan fingerprint density at radius 1 is 1.47 bits per heavy atom. The highest BCUT2D eigenvalue weighted by Crippen LogP contribution is 2.36. The van der Waals surface area contributed by atoms with E-state index in [2.05, 4.69) is 11.8 Å². The van der Waals surface area contributed by atoms with Crippen LogP contribution in [0.5, 0.6) is 0 Å². The molecule has 2 unspecified atom stereocenters. The molecule has 0 saturated carbocycles. The predicted octanol–water partition coefficient (Wildman–Crippen LogP) is 2.56. The lowest BCUT2D eigenvalue weighted by atomic mass is 9.93. The standard InChI is InChI=1S/C14H21FN2/c1-2-7-17-8-6-12(10-16)14(17)11-4-3-5-13(15)9-11/h3-5,9,12,14H,2,6-8,10,16H2,1H3. The molecule has 0 aromatic heterocycles. The van der Waals surface area contributed by atoms with Crippen molar-refractivity contribution in [3.8, 4) is 0 Å². The second-order valence-corrected chi connectivity index (χ2v) is 4.82. The molecule has 1 saturated heterocycles. The molecule has 2 atom stereocenters. The first-order valence-corrected chi connectivity index (χ1v) is 6.45. The van der Waals surface area contributed by atoms with Crippen molar-refractivity contribution >= 4 is 0 Å². The number of nitrogens with zero attached hydrogens (tertiary/aromatic N) is 1. The van der Waals surface area contributed by atoms with Crippen LogP contribution in [0.4, 0.5) is 4.39 Å². The number of hydrogen-bond acceptors (Lipinski definition) is 2. The summed E-state index contributed by atoms with van der Waals surface area (Å²) in [6.07, 6.45) is 2.25. The predicted molar refractivity (Wildman–Crippen MR) is 68.2 cm³/mol. The minimum atomic E-state index is -0.151. The van der Waals surface area contributed by atoms with Crippen LogP contribution in [0.25, 0.3) is 0 Å². The number of nitrogens with two attached hydrogens (primary N) is 1. The van der Waals surface area contributed by atoms with Crippen molar-refractivity contribution in [2.45, 2.75) is 25.8 Å². The maximum absolute atomic E-state index is 13.3. The van der Waals surface area contributed by atoms with Gasteiger partial charge in [0, 0.05) is 6.04 Å². The average Bonchev–Trinajstić information content (AvgIpc) is 2.72. The molecule has 1 heterocycles. The Morgan fingerprint density at radius 2 is 2.29 bits per heavy atom. The quantitative estimate of drug-likeness (QED) is 0.870. The zero-order valence-electron chi connectivity index (χ0n) is 10.4. The first-order valence-electron chi connectivity index (χ1n) is 6.45. The fraction of sp³-hybridized carbons (Fsp3) is 0.571. The van der Waals surface area contributed by atoms with Crippen LogP contribution in [0.15, 0.2) is 24.3 Å². The Bertz CT molecular complexity index is 367. The molecule has 0 radical (unpaired) electrons. The van der Waals surface area contributed by atoms with Crippen LogP contribution in [-0.2, 0) is 0 Å². The van der Waals surface area contributed by atoms with Gasteiger partial charge < -0.3 is 5.73 Å². The molecule has 0 spiro atoms. The van der Waals surface area contributed by atoms with E-state index in [1.165, 1.54) is 6.07 Å². The maximum atomic E-state index is 13.3. The molecular formula is C14H21FN2. The van der Waals surface area contributed by atoms with E-state index in [1.807, 2.05) is 6.07 Å². The van der Waals surface area contributed by atoms with Crippen LogP contribution in [0.1, 0.15) is 31.4 Å². The summed E-state index contributed by atoms with van der Waals surface area (Å²) in [7, 11) is 0. The van der Waals surface area contributed by atoms with Crippen LogP contribution < -0.4 is 5.73 Å². The molecule has 94 valence electrons. The summed E-state index contributed by atoms with van der Waals surface area (Å²) in [6.45, 7) is 5.01. The van der Waals surface area contributed by atoms with Gasteiger partial charge in [-0.25, -0.2) is 4.39 Å². The fourth-order valence-corrected chi connectivity index (χ4v) is 2.89. The number of rotatable bonds is 4. The second-order valence-electron chi connectivity index (χ2n) is 4.82. The van der Waals surface area contributed by atoms with Crippen LogP contribution in [0.2, 0.25) is 0 Å². The molecule has 17 heavy (non-hydrogen) atoms. The minimum Gasteiger partial charge on any atom is -0.330 e. The van der Waals surface area contributed by atoms with Gasteiger partial charge in [0.2, 0.25) is 0 Å². The van der Waals surface area contributed by atoms with Crippen molar-refractivity contribution < 1.29 is 4.39 Å². The van der Waals surface area contributed by atoms with Gasteiger partial charge in [0.15, 0.2) is 0 Å². The van der Waals surface area contributed by atoms with Crippen LogP contribution in [0.3, 0.4) is 0 Å². The molecule has 2 N–H and O–H groups in total. The topological polar surface area (TPSA) is 29.3 Å². The lowest BCUT2D eigenvalue weighted by Crippen LogP contribution is -2.28. The molecule has 2 rings (SSSR count). The molecule has 1 aromatic carbocycles. The first-order chi connectivity index (χ1) is 8.26. The van der Waals surface area contributed by atoms with Gasteiger partial charge in [-0.15, -0.1) is 0 Å². The van der Waals surface area contributed by atoms with Gasteiger partial charge in [-0.05, 0) is 56.1 Å². The Morgan fingerprint density at radius 3 is 2.94 bits per heavy atom. The van der Waals surface area contributed by atoms with E-state index in [1.54, 1.807) is 12.1 Å². The highest BCUT2D eigenvalue weighted by molar-refractivity contribution is 5.22. The molecule has 1 aromatic rings. The molecule has 0 amide bonds. The van der Waals surface area contributed by atoms with Gasteiger partial charge in [0.1, 0.15) is 5.82 Å². The minimum absolute atomic E-state index is 0.151. The highest BCUT2D eigenvalue weighted by Gasteiger charge is 2.33. The van der Waals surface area contributed by atoms with E-state index in [-0.39, 0.29) is 5.82 Å².